The molecule has 0 atom stereocenters. The molecular formula is C18H33IN4O2. The molecule has 0 unspecified atom stereocenters. The number of halogens is 1. The molecular weight excluding hydrogens is 431 g/mol. The standard InChI is InChI=1S/C18H32N4O2.HI/c1-13(2)22(14(3)4)10-9-20-18(19)21-12-15-7-8-16(23-5)17(11-15)24-6;/h7-8,11,13-14H,9-10,12H2,1-6H3,(H3,19,20,21);1H. The van der Waals surface area contributed by atoms with Crippen LogP contribution in [-0.2, 0) is 6.54 Å². The Morgan fingerprint density at radius 1 is 1.12 bits per heavy atom. The lowest BCUT2D eigenvalue weighted by Crippen LogP contribution is -2.44. The Hall–Kier alpha value is -1.22. The lowest BCUT2D eigenvalue weighted by atomic mass is 10.2. The van der Waals surface area contributed by atoms with Crippen LogP contribution in [0.5, 0.6) is 11.5 Å². The molecule has 0 spiro atoms. The maximum Gasteiger partial charge on any atom is 0.188 e. The number of ether oxygens (including phenoxy) is 2. The molecule has 0 aliphatic rings. The smallest absolute Gasteiger partial charge is 0.188 e. The lowest BCUT2D eigenvalue weighted by Gasteiger charge is -2.30. The van der Waals surface area contributed by atoms with E-state index in [1.165, 1.54) is 0 Å². The highest BCUT2D eigenvalue weighted by molar-refractivity contribution is 14.0. The number of rotatable bonds is 9. The van der Waals surface area contributed by atoms with Crippen LogP contribution >= 0.6 is 24.0 Å². The average molecular weight is 464 g/mol. The number of nitrogens with one attached hydrogen (secondary N) is 1. The van der Waals surface area contributed by atoms with Gasteiger partial charge >= 0.3 is 0 Å². The van der Waals surface area contributed by atoms with Crippen molar-refractivity contribution in [2.75, 3.05) is 27.3 Å². The van der Waals surface area contributed by atoms with E-state index in [1.54, 1.807) is 14.2 Å². The third-order valence-electron chi connectivity index (χ3n) is 3.88. The second-order valence-corrected chi connectivity index (χ2v) is 6.24. The van der Waals surface area contributed by atoms with Crippen molar-refractivity contribution in [3.63, 3.8) is 0 Å². The van der Waals surface area contributed by atoms with Gasteiger partial charge < -0.3 is 20.5 Å². The summed E-state index contributed by atoms with van der Waals surface area (Å²) in [6, 6.07) is 6.76. The molecule has 0 aromatic heterocycles. The molecule has 0 aliphatic heterocycles. The fourth-order valence-electron chi connectivity index (χ4n) is 2.64. The van der Waals surface area contributed by atoms with Gasteiger partial charge in [-0.3, -0.25) is 4.90 Å². The number of aliphatic imine (C=N–C) groups is 1. The molecule has 0 bridgehead atoms. The van der Waals surface area contributed by atoms with Crippen LogP contribution in [0.4, 0.5) is 0 Å². The summed E-state index contributed by atoms with van der Waals surface area (Å²) in [5.41, 5.74) is 6.97. The number of benzene rings is 1. The predicted octanol–water partition coefficient (Wildman–Crippen LogP) is 2.84. The Bertz CT molecular complexity index is 528. The second-order valence-electron chi connectivity index (χ2n) is 6.24. The molecule has 25 heavy (non-hydrogen) atoms. The number of methoxy groups -OCH3 is 2. The van der Waals surface area contributed by atoms with Crippen molar-refractivity contribution < 1.29 is 9.47 Å². The van der Waals surface area contributed by atoms with Crippen LogP contribution in [-0.4, -0.2) is 50.3 Å². The van der Waals surface area contributed by atoms with Crippen LogP contribution in [0.1, 0.15) is 33.3 Å². The van der Waals surface area contributed by atoms with E-state index in [9.17, 15) is 0 Å². The van der Waals surface area contributed by atoms with Gasteiger partial charge in [0.25, 0.3) is 0 Å². The largest absolute Gasteiger partial charge is 0.493 e. The highest BCUT2D eigenvalue weighted by atomic mass is 127. The van der Waals surface area contributed by atoms with Crippen molar-refractivity contribution >= 4 is 29.9 Å². The fourth-order valence-corrected chi connectivity index (χ4v) is 2.64. The quantitative estimate of drug-likeness (QED) is 0.334. The molecule has 1 aromatic carbocycles. The van der Waals surface area contributed by atoms with Gasteiger partial charge in [0.2, 0.25) is 0 Å². The summed E-state index contributed by atoms with van der Waals surface area (Å²) >= 11 is 0. The molecule has 6 nitrogen and oxygen atoms in total. The summed E-state index contributed by atoms with van der Waals surface area (Å²) in [5, 5.41) is 3.17. The molecule has 0 radical (unpaired) electrons. The van der Waals surface area contributed by atoms with E-state index in [1.807, 2.05) is 18.2 Å². The molecule has 1 aromatic rings. The van der Waals surface area contributed by atoms with Gasteiger partial charge in [-0.15, -0.1) is 24.0 Å². The van der Waals surface area contributed by atoms with Crippen LogP contribution < -0.4 is 20.5 Å². The maximum absolute atomic E-state index is 5.95. The normalized spacial score (nSPS) is 11.6. The molecule has 7 heteroatoms. The summed E-state index contributed by atoms with van der Waals surface area (Å²) in [7, 11) is 3.24. The Morgan fingerprint density at radius 3 is 2.24 bits per heavy atom. The monoisotopic (exact) mass is 464 g/mol. The maximum atomic E-state index is 5.95. The lowest BCUT2D eigenvalue weighted by molar-refractivity contribution is 0.178. The van der Waals surface area contributed by atoms with Gasteiger partial charge in [0.05, 0.1) is 20.8 Å². The van der Waals surface area contributed by atoms with Gasteiger partial charge in [0, 0.05) is 25.2 Å². The molecule has 0 saturated heterocycles. The number of guanidine groups is 1. The van der Waals surface area contributed by atoms with Crippen LogP contribution in [0.15, 0.2) is 23.2 Å². The highest BCUT2D eigenvalue weighted by Crippen LogP contribution is 2.27. The molecule has 144 valence electrons. The first kappa shape index (κ1) is 23.8. The van der Waals surface area contributed by atoms with Gasteiger partial charge in [-0.1, -0.05) is 6.07 Å². The Morgan fingerprint density at radius 2 is 1.72 bits per heavy atom. The molecule has 0 saturated carbocycles. The summed E-state index contributed by atoms with van der Waals surface area (Å²) in [4.78, 5) is 6.79. The van der Waals surface area contributed by atoms with Crippen molar-refractivity contribution in [3.8, 4) is 11.5 Å². The van der Waals surface area contributed by atoms with Crippen LogP contribution in [0, 0.1) is 0 Å². The van der Waals surface area contributed by atoms with Gasteiger partial charge in [-0.25, -0.2) is 4.99 Å². The minimum atomic E-state index is 0. The Kier molecular flexibility index (Phi) is 11.6. The van der Waals surface area contributed by atoms with E-state index >= 15 is 0 Å². The molecule has 0 fully saturated rings. The van der Waals surface area contributed by atoms with E-state index < -0.39 is 0 Å². The third kappa shape index (κ3) is 8.13. The van der Waals surface area contributed by atoms with E-state index in [0.29, 0.717) is 36.1 Å². The van der Waals surface area contributed by atoms with Gasteiger partial charge in [-0.2, -0.15) is 0 Å². The number of nitrogens with two attached hydrogens (primary N) is 1. The zero-order valence-corrected chi connectivity index (χ0v) is 18.5. The molecule has 1 rings (SSSR count). The minimum absolute atomic E-state index is 0. The Balaban J connectivity index is 0.00000576. The van der Waals surface area contributed by atoms with Gasteiger partial charge in [0.1, 0.15) is 0 Å². The van der Waals surface area contributed by atoms with Crippen LogP contribution in [0.25, 0.3) is 0 Å². The van der Waals surface area contributed by atoms with Crippen molar-refractivity contribution in [1.29, 1.82) is 0 Å². The van der Waals surface area contributed by atoms with E-state index in [-0.39, 0.29) is 24.0 Å². The summed E-state index contributed by atoms with van der Waals surface area (Å²) in [5.74, 6) is 1.86. The first-order valence-electron chi connectivity index (χ1n) is 8.39. The number of hydrogen-bond acceptors (Lipinski definition) is 4. The predicted molar refractivity (Wildman–Crippen MR) is 115 cm³/mol. The SMILES string of the molecule is COc1ccc(CN=C(N)NCCN(C(C)C)C(C)C)cc1OC.I. The fraction of sp³-hybridized carbons (Fsp3) is 0.611. The van der Waals surface area contributed by atoms with Crippen molar-refractivity contribution in [1.82, 2.24) is 10.2 Å². The van der Waals surface area contributed by atoms with E-state index in [4.69, 9.17) is 15.2 Å². The minimum Gasteiger partial charge on any atom is -0.493 e. The van der Waals surface area contributed by atoms with Gasteiger partial charge in [-0.05, 0) is 45.4 Å². The first-order chi connectivity index (χ1) is 11.4. The van der Waals surface area contributed by atoms with Gasteiger partial charge in [0.15, 0.2) is 17.5 Å². The summed E-state index contributed by atoms with van der Waals surface area (Å²) in [6.45, 7) is 11.0. The van der Waals surface area contributed by atoms with Crippen LogP contribution in [0.3, 0.4) is 0 Å². The number of nitrogens with zero attached hydrogens (tertiary/aromatic N) is 2. The van der Waals surface area contributed by atoms with Crippen molar-refractivity contribution in [2.24, 2.45) is 10.7 Å². The summed E-state index contributed by atoms with van der Waals surface area (Å²) in [6.07, 6.45) is 0. The second kappa shape index (κ2) is 12.2. The third-order valence-corrected chi connectivity index (χ3v) is 3.88. The average Bonchev–Trinajstić information content (AvgIpc) is 2.55. The zero-order valence-electron chi connectivity index (χ0n) is 16.2. The summed E-state index contributed by atoms with van der Waals surface area (Å²) < 4.78 is 10.5. The molecule has 3 N–H and O–H groups in total. The zero-order chi connectivity index (χ0) is 18.1. The molecule has 0 heterocycles. The van der Waals surface area contributed by atoms with Crippen molar-refractivity contribution in [2.45, 2.75) is 46.3 Å². The number of hydrogen-bond donors (Lipinski definition) is 2. The molecule has 0 amide bonds. The van der Waals surface area contributed by atoms with E-state index in [0.717, 1.165) is 18.7 Å². The topological polar surface area (TPSA) is 72.1 Å². The van der Waals surface area contributed by atoms with E-state index in [2.05, 4.69) is 42.9 Å². The molecule has 0 aliphatic carbocycles. The van der Waals surface area contributed by atoms with Crippen LogP contribution in [0.2, 0.25) is 0 Å². The van der Waals surface area contributed by atoms with Crippen molar-refractivity contribution in [3.05, 3.63) is 23.8 Å². The highest BCUT2D eigenvalue weighted by Gasteiger charge is 2.12. The first-order valence-corrected chi connectivity index (χ1v) is 8.39. The Labute approximate surface area is 169 Å².